The minimum Gasteiger partial charge on any atom is -0.352 e. The van der Waals surface area contributed by atoms with Crippen LogP contribution >= 0.6 is 0 Å². The van der Waals surface area contributed by atoms with Gasteiger partial charge in [0.2, 0.25) is 5.43 Å². The van der Waals surface area contributed by atoms with Crippen molar-refractivity contribution in [3.05, 3.63) is 33.7 Å². The van der Waals surface area contributed by atoms with Gasteiger partial charge in [-0.1, -0.05) is 27.7 Å². The fraction of sp³-hybridized carbons (Fsp3) is 0.682. The largest absolute Gasteiger partial charge is 0.352 e. The molecule has 2 amide bonds. The molecule has 2 rings (SSSR count). The molecule has 1 aliphatic heterocycles. The number of likely N-dealkylation sites (tertiary alicyclic amines) is 1. The van der Waals surface area contributed by atoms with Gasteiger partial charge in [-0.25, -0.2) is 0 Å². The number of pyridine rings is 1. The molecule has 0 saturated carbocycles. The predicted molar refractivity (Wildman–Crippen MR) is 115 cm³/mol. The molecule has 0 radical (unpaired) electrons. The summed E-state index contributed by atoms with van der Waals surface area (Å²) in [5, 5.41) is 5.65. The summed E-state index contributed by atoms with van der Waals surface area (Å²) in [6, 6.07) is 0. The molecule has 1 aromatic rings. The molecule has 0 aromatic carbocycles. The lowest BCUT2D eigenvalue weighted by Crippen LogP contribution is -2.38. The van der Waals surface area contributed by atoms with Gasteiger partial charge >= 0.3 is 0 Å². The summed E-state index contributed by atoms with van der Waals surface area (Å²) in [4.78, 5) is 40.4. The van der Waals surface area contributed by atoms with Gasteiger partial charge in [0, 0.05) is 38.6 Å². The Labute approximate surface area is 173 Å². The van der Waals surface area contributed by atoms with Gasteiger partial charge in [-0.05, 0) is 44.2 Å². The van der Waals surface area contributed by atoms with E-state index < -0.39 is 17.2 Å². The minimum atomic E-state index is -0.509. The molecule has 0 atom stereocenters. The zero-order chi connectivity index (χ0) is 21.4. The van der Waals surface area contributed by atoms with E-state index >= 15 is 0 Å². The molecule has 1 aliphatic rings. The first kappa shape index (κ1) is 23.1. The number of hydrogen-bond acceptors (Lipinski definition) is 4. The summed E-state index contributed by atoms with van der Waals surface area (Å²) in [5.41, 5.74) is -0.448. The average molecular weight is 405 g/mol. The summed E-state index contributed by atoms with van der Waals surface area (Å²) in [5.74, 6) is -0.0514. The van der Waals surface area contributed by atoms with E-state index in [1.54, 1.807) is 17.0 Å². The van der Waals surface area contributed by atoms with Crippen LogP contribution in [0.15, 0.2) is 17.2 Å². The summed E-state index contributed by atoms with van der Waals surface area (Å²) in [6.45, 7) is 12.8. The second kappa shape index (κ2) is 11.1. The van der Waals surface area contributed by atoms with Crippen molar-refractivity contribution in [2.24, 2.45) is 11.8 Å². The van der Waals surface area contributed by atoms with Crippen LogP contribution in [-0.4, -0.2) is 54.0 Å². The van der Waals surface area contributed by atoms with Crippen LogP contribution in [0.5, 0.6) is 0 Å². The van der Waals surface area contributed by atoms with Crippen LogP contribution in [-0.2, 0) is 6.54 Å². The lowest BCUT2D eigenvalue weighted by Gasteiger charge is -2.16. The Bertz CT molecular complexity index is 749. The van der Waals surface area contributed by atoms with Crippen molar-refractivity contribution in [2.45, 2.75) is 53.5 Å². The first-order chi connectivity index (χ1) is 13.8. The molecule has 7 heteroatoms. The first-order valence-corrected chi connectivity index (χ1v) is 10.8. The van der Waals surface area contributed by atoms with Crippen molar-refractivity contribution >= 4 is 11.8 Å². The third-order valence-corrected chi connectivity index (χ3v) is 5.06. The summed E-state index contributed by atoms with van der Waals surface area (Å²) >= 11 is 0. The quantitative estimate of drug-likeness (QED) is 0.626. The molecule has 162 valence electrons. The lowest BCUT2D eigenvalue weighted by molar-refractivity contribution is 0.0947. The molecular formula is C22H36N4O3. The highest BCUT2D eigenvalue weighted by atomic mass is 16.2. The Morgan fingerprint density at radius 3 is 2.00 bits per heavy atom. The maximum absolute atomic E-state index is 12.9. The third kappa shape index (κ3) is 7.31. The van der Waals surface area contributed by atoms with Crippen molar-refractivity contribution in [1.29, 1.82) is 0 Å². The maximum Gasteiger partial charge on any atom is 0.256 e. The van der Waals surface area contributed by atoms with E-state index in [1.807, 2.05) is 0 Å². The van der Waals surface area contributed by atoms with E-state index in [4.69, 9.17) is 0 Å². The number of hydrogen-bond donors (Lipinski definition) is 2. The van der Waals surface area contributed by atoms with Gasteiger partial charge < -0.3 is 20.1 Å². The van der Waals surface area contributed by atoms with Gasteiger partial charge in [0.1, 0.15) is 11.1 Å². The Morgan fingerprint density at radius 2 is 1.48 bits per heavy atom. The number of aromatic nitrogens is 1. The second-order valence-corrected chi connectivity index (χ2v) is 8.75. The van der Waals surface area contributed by atoms with Gasteiger partial charge in [0.25, 0.3) is 11.8 Å². The van der Waals surface area contributed by atoms with E-state index in [0.29, 0.717) is 31.5 Å². The fourth-order valence-electron chi connectivity index (χ4n) is 3.48. The predicted octanol–water partition coefficient (Wildman–Crippen LogP) is 2.11. The summed E-state index contributed by atoms with van der Waals surface area (Å²) in [6.07, 6.45) is 6.36. The molecule has 0 aliphatic carbocycles. The molecule has 1 fully saturated rings. The smallest absolute Gasteiger partial charge is 0.256 e. The van der Waals surface area contributed by atoms with Crippen molar-refractivity contribution in [2.75, 3.05) is 32.7 Å². The zero-order valence-electron chi connectivity index (χ0n) is 18.3. The highest BCUT2D eigenvalue weighted by molar-refractivity contribution is 5.99. The number of carbonyl (C=O) groups is 2. The molecule has 2 heterocycles. The molecule has 1 saturated heterocycles. The molecular weight excluding hydrogens is 368 g/mol. The van der Waals surface area contributed by atoms with E-state index in [-0.39, 0.29) is 11.1 Å². The van der Waals surface area contributed by atoms with Crippen molar-refractivity contribution in [3.63, 3.8) is 0 Å². The average Bonchev–Trinajstić information content (AvgIpc) is 3.15. The third-order valence-electron chi connectivity index (χ3n) is 5.06. The SMILES string of the molecule is CC(C)CCNC(=O)c1cn(CC(C)C)cc(C(=O)NCCN2CCCC2)c1=O. The van der Waals surface area contributed by atoms with Crippen molar-refractivity contribution in [1.82, 2.24) is 20.1 Å². The van der Waals surface area contributed by atoms with Gasteiger partial charge in [0.15, 0.2) is 0 Å². The van der Waals surface area contributed by atoms with Gasteiger partial charge in [0.05, 0.1) is 0 Å². The van der Waals surface area contributed by atoms with Crippen molar-refractivity contribution < 1.29 is 9.59 Å². The molecule has 0 bridgehead atoms. The first-order valence-electron chi connectivity index (χ1n) is 10.8. The fourth-order valence-corrected chi connectivity index (χ4v) is 3.48. The van der Waals surface area contributed by atoms with E-state index in [2.05, 4.69) is 43.2 Å². The number of carbonyl (C=O) groups excluding carboxylic acids is 2. The lowest BCUT2D eigenvalue weighted by atomic mass is 10.1. The molecule has 2 N–H and O–H groups in total. The van der Waals surface area contributed by atoms with Crippen LogP contribution in [0.2, 0.25) is 0 Å². The molecule has 0 spiro atoms. The topological polar surface area (TPSA) is 83.4 Å². The van der Waals surface area contributed by atoms with E-state index in [9.17, 15) is 14.4 Å². The summed E-state index contributed by atoms with van der Waals surface area (Å²) in [7, 11) is 0. The maximum atomic E-state index is 12.9. The normalized spacial score (nSPS) is 14.6. The number of amides is 2. The number of nitrogens with one attached hydrogen (secondary N) is 2. The van der Waals surface area contributed by atoms with Crippen LogP contribution in [0, 0.1) is 11.8 Å². The van der Waals surface area contributed by atoms with Crippen LogP contribution in [0.4, 0.5) is 0 Å². The van der Waals surface area contributed by atoms with Gasteiger partial charge in [-0.3, -0.25) is 14.4 Å². The number of nitrogens with zero attached hydrogens (tertiary/aromatic N) is 2. The molecule has 29 heavy (non-hydrogen) atoms. The standard InChI is InChI=1S/C22H36N4O3/c1-16(2)7-8-23-21(28)18-14-26(13-17(3)4)15-19(20(18)27)22(29)24-9-12-25-10-5-6-11-25/h14-17H,5-13H2,1-4H3,(H,23,28)(H,24,29). The Kier molecular flexibility index (Phi) is 8.89. The van der Waals surface area contributed by atoms with Crippen LogP contribution in [0.1, 0.15) is 67.7 Å². The van der Waals surface area contributed by atoms with Crippen LogP contribution in [0.25, 0.3) is 0 Å². The second-order valence-electron chi connectivity index (χ2n) is 8.75. The molecule has 1 aromatic heterocycles. The van der Waals surface area contributed by atoms with E-state index in [0.717, 1.165) is 26.1 Å². The highest BCUT2D eigenvalue weighted by Gasteiger charge is 2.20. The summed E-state index contributed by atoms with van der Waals surface area (Å²) < 4.78 is 1.78. The Balaban J connectivity index is 2.14. The molecule has 7 nitrogen and oxygen atoms in total. The zero-order valence-corrected chi connectivity index (χ0v) is 18.3. The van der Waals surface area contributed by atoms with Gasteiger partial charge in [-0.2, -0.15) is 0 Å². The minimum absolute atomic E-state index is 0.0293. The molecule has 0 unspecified atom stereocenters. The van der Waals surface area contributed by atoms with Crippen LogP contribution in [0.3, 0.4) is 0 Å². The van der Waals surface area contributed by atoms with Crippen molar-refractivity contribution in [3.8, 4) is 0 Å². The van der Waals surface area contributed by atoms with Gasteiger partial charge in [-0.15, -0.1) is 0 Å². The Hall–Kier alpha value is -2.15. The number of rotatable bonds is 10. The van der Waals surface area contributed by atoms with E-state index in [1.165, 1.54) is 12.8 Å². The van der Waals surface area contributed by atoms with Crippen LogP contribution < -0.4 is 16.1 Å². The Morgan fingerprint density at radius 1 is 0.931 bits per heavy atom. The highest BCUT2D eigenvalue weighted by Crippen LogP contribution is 2.07. The monoisotopic (exact) mass is 404 g/mol.